The quantitative estimate of drug-likeness (QED) is 0.445. The Kier molecular flexibility index (Phi) is 7.28. The van der Waals surface area contributed by atoms with Crippen molar-refractivity contribution in [3.63, 3.8) is 0 Å². The molecule has 4 rings (SSSR count). The Balaban J connectivity index is 1.81. The maximum atomic E-state index is 13.8. The molecule has 3 aromatic rings. The lowest BCUT2D eigenvalue weighted by molar-refractivity contribution is 0.0710. The van der Waals surface area contributed by atoms with Gasteiger partial charge in [0, 0.05) is 23.6 Å². The summed E-state index contributed by atoms with van der Waals surface area (Å²) in [5.41, 5.74) is 2.40. The lowest BCUT2D eigenvalue weighted by Crippen LogP contribution is -2.27. The smallest absolute Gasteiger partial charge is 0.274 e. The van der Waals surface area contributed by atoms with Gasteiger partial charge in [-0.25, -0.2) is 9.40 Å². The van der Waals surface area contributed by atoms with Gasteiger partial charge in [0.2, 0.25) is 5.75 Å². The van der Waals surface area contributed by atoms with Gasteiger partial charge in [0.15, 0.2) is 11.5 Å². The van der Waals surface area contributed by atoms with Crippen LogP contribution in [0.1, 0.15) is 33.9 Å². The summed E-state index contributed by atoms with van der Waals surface area (Å²) < 4.78 is 40.7. The minimum atomic E-state index is -0.473. The lowest BCUT2D eigenvalue weighted by Gasteiger charge is -2.23. The first-order valence-corrected chi connectivity index (χ1v) is 11.1. The van der Waals surface area contributed by atoms with Crippen LogP contribution in [-0.4, -0.2) is 52.2 Å². The highest BCUT2D eigenvalue weighted by molar-refractivity contribution is 6.07. The molecule has 0 saturated carbocycles. The fourth-order valence-electron chi connectivity index (χ4n) is 4.18. The highest BCUT2D eigenvalue weighted by Crippen LogP contribution is 2.41. The molecule has 0 aliphatic carbocycles. The molecule has 9 heteroatoms. The molecule has 3 aromatic carbocycles. The summed E-state index contributed by atoms with van der Waals surface area (Å²) in [6, 6.07) is 14.1. The Hall–Kier alpha value is -4.27. The number of hydrazone groups is 1. The van der Waals surface area contributed by atoms with Crippen LogP contribution < -0.4 is 23.7 Å². The molecule has 0 saturated heterocycles. The van der Waals surface area contributed by atoms with Gasteiger partial charge < -0.3 is 23.7 Å². The standard InChI is InChI=1S/C27H27FN2O6/c1-32-19-10-11-20(23(14-19)33-2)21-15-22(16-6-8-18(28)9-7-16)30(29-21)27(31)17-12-24(34-3)26(36-5)25(13-17)35-4/h6-14,22H,15H2,1-5H3/t22-/m0/s1. The van der Waals surface area contributed by atoms with Crippen molar-refractivity contribution < 1.29 is 32.9 Å². The molecule has 1 amide bonds. The van der Waals surface area contributed by atoms with Crippen LogP contribution in [0, 0.1) is 5.82 Å². The van der Waals surface area contributed by atoms with E-state index in [0.717, 1.165) is 11.1 Å². The van der Waals surface area contributed by atoms with E-state index in [-0.39, 0.29) is 11.7 Å². The maximum absolute atomic E-state index is 13.8. The number of methoxy groups -OCH3 is 5. The average Bonchev–Trinajstić information content (AvgIpc) is 3.36. The molecule has 1 heterocycles. The van der Waals surface area contributed by atoms with Crippen molar-refractivity contribution in [2.75, 3.05) is 35.5 Å². The number of hydrogen-bond donors (Lipinski definition) is 0. The summed E-state index contributed by atoms with van der Waals surface area (Å²) in [5, 5.41) is 6.10. The van der Waals surface area contributed by atoms with E-state index in [4.69, 9.17) is 28.8 Å². The number of benzene rings is 3. The van der Waals surface area contributed by atoms with E-state index in [9.17, 15) is 9.18 Å². The van der Waals surface area contributed by atoms with Crippen molar-refractivity contribution >= 4 is 11.6 Å². The first-order chi connectivity index (χ1) is 17.4. The Morgan fingerprint density at radius 3 is 2.03 bits per heavy atom. The molecule has 8 nitrogen and oxygen atoms in total. The van der Waals surface area contributed by atoms with Crippen LogP contribution >= 0.6 is 0 Å². The summed E-state index contributed by atoms with van der Waals surface area (Å²) >= 11 is 0. The van der Waals surface area contributed by atoms with Gasteiger partial charge in [-0.15, -0.1) is 0 Å². The summed E-state index contributed by atoms with van der Waals surface area (Å²) in [7, 11) is 7.59. The topological polar surface area (TPSA) is 78.8 Å². The molecule has 0 aromatic heterocycles. The van der Waals surface area contributed by atoms with Crippen molar-refractivity contribution in [3.05, 3.63) is 77.1 Å². The Labute approximate surface area is 208 Å². The van der Waals surface area contributed by atoms with Gasteiger partial charge in [-0.2, -0.15) is 5.10 Å². The summed E-state index contributed by atoms with van der Waals surface area (Å²) in [6.07, 6.45) is 0.393. The zero-order valence-corrected chi connectivity index (χ0v) is 20.7. The Bertz CT molecular complexity index is 1270. The summed E-state index contributed by atoms with van der Waals surface area (Å²) in [6.45, 7) is 0. The van der Waals surface area contributed by atoms with Gasteiger partial charge in [-0.1, -0.05) is 12.1 Å². The number of carbonyl (C=O) groups is 1. The van der Waals surface area contributed by atoms with Gasteiger partial charge in [-0.05, 0) is 42.0 Å². The SMILES string of the molecule is COc1ccc(C2=NN(C(=O)c3cc(OC)c(OC)c(OC)c3)[C@H](c3ccc(F)cc3)C2)c(OC)c1. The third kappa shape index (κ3) is 4.64. The number of carbonyl (C=O) groups excluding carboxylic acids is 1. The van der Waals surface area contributed by atoms with E-state index in [1.165, 1.54) is 38.5 Å². The highest BCUT2D eigenvalue weighted by Gasteiger charge is 2.35. The number of halogens is 1. The van der Waals surface area contributed by atoms with Crippen molar-refractivity contribution in [1.82, 2.24) is 5.01 Å². The second-order valence-corrected chi connectivity index (χ2v) is 7.95. The van der Waals surface area contributed by atoms with Crippen LogP contribution in [0.2, 0.25) is 0 Å². The van der Waals surface area contributed by atoms with Gasteiger partial charge in [-0.3, -0.25) is 4.79 Å². The zero-order chi connectivity index (χ0) is 25.8. The molecule has 1 aliphatic heterocycles. The van der Waals surface area contributed by atoms with Crippen molar-refractivity contribution in [3.8, 4) is 28.7 Å². The molecular formula is C27H27FN2O6. The molecule has 0 spiro atoms. The fraction of sp³-hybridized carbons (Fsp3) is 0.259. The van der Waals surface area contributed by atoms with E-state index in [1.54, 1.807) is 50.6 Å². The maximum Gasteiger partial charge on any atom is 0.274 e. The molecule has 1 aliphatic rings. The number of amides is 1. The van der Waals surface area contributed by atoms with Crippen LogP contribution in [0.3, 0.4) is 0 Å². The lowest BCUT2D eigenvalue weighted by atomic mass is 9.97. The largest absolute Gasteiger partial charge is 0.497 e. The molecule has 36 heavy (non-hydrogen) atoms. The number of rotatable bonds is 8. The van der Waals surface area contributed by atoms with Gasteiger partial charge >= 0.3 is 0 Å². The number of ether oxygens (including phenoxy) is 5. The van der Waals surface area contributed by atoms with Gasteiger partial charge in [0.25, 0.3) is 5.91 Å². The Morgan fingerprint density at radius 1 is 0.833 bits per heavy atom. The van der Waals surface area contributed by atoms with Crippen LogP contribution in [0.4, 0.5) is 4.39 Å². The number of nitrogens with zero attached hydrogens (tertiary/aromatic N) is 2. The van der Waals surface area contributed by atoms with Crippen molar-refractivity contribution in [2.45, 2.75) is 12.5 Å². The van der Waals surface area contributed by atoms with Crippen LogP contribution in [0.15, 0.2) is 59.7 Å². The predicted molar refractivity (Wildman–Crippen MR) is 132 cm³/mol. The minimum Gasteiger partial charge on any atom is -0.497 e. The van der Waals surface area contributed by atoms with Crippen LogP contribution in [-0.2, 0) is 0 Å². The molecule has 0 unspecified atom stereocenters. The van der Waals surface area contributed by atoms with E-state index >= 15 is 0 Å². The van der Waals surface area contributed by atoms with Crippen molar-refractivity contribution in [2.24, 2.45) is 5.10 Å². The molecule has 0 bridgehead atoms. The summed E-state index contributed by atoms with van der Waals surface area (Å²) in [5.74, 6) is 1.52. The molecule has 0 N–H and O–H groups in total. The van der Waals surface area contributed by atoms with Gasteiger partial charge in [0.1, 0.15) is 17.3 Å². The monoisotopic (exact) mass is 494 g/mol. The highest BCUT2D eigenvalue weighted by atomic mass is 19.1. The average molecular weight is 495 g/mol. The van der Waals surface area contributed by atoms with Crippen LogP contribution in [0.5, 0.6) is 28.7 Å². The van der Waals surface area contributed by atoms with E-state index in [1.807, 2.05) is 6.07 Å². The Morgan fingerprint density at radius 2 is 1.47 bits per heavy atom. The molecule has 188 valence electrons. The van der Waals surface area contributed by atoms with E-state index in [2.05, 4.69) is 0 Å². The molecule has 0 radical (unpaired) electrons. The normalized spacial score (nSPS) is 14.8. The summed E-state index contributed by atoms with van der Waals surface area (Å²) in [4.78, 5) is 13.8. The van der Waals surface area contributed by atoms with Crippen molar-refractivity contribution in [1.29, 1.82) is 0 Å². The molecule has 1 atom stereocenters. The number of hydrogen-bond acceptors (Lipinski definition) is 7. The van der Waals surface area contributed by atoms with E-state index in [0.29, 0.717) is 46.4 Å². The fourth-order valence-corrected chi connectivity index (χ4v) is 4.18. The molecular weight excluding hydrogens is 467 g/mol. The molecule has 0 fully saturated rings. The third-order valence-corrected chi connectivity index (χ3v) is 6.00. The third-order valence-electron chi connectivity index (χ3n) is 6.00. The first kappa shape index (κ1) is 24.8. The first-order valence-electron chi connectivity index (χ1n) is 11.1. The zero-order valence-electron chi connectivity index (χ0n) is 20.7. The second-order valence-electron chi connectivity index (χ2n) is 7.95. The van der Waals surface area contributed by atoms with E-state index < -0.39 is 6.04 Å². The minimum absolute atomic E-state index is 0.295. The second kappa shape index (κ2) is 10.6. The predicted octanol–water partition coefficient (Wildman–Crippen LogP) is 4.86. The van der Waals surface area contributed by atoms with Crippen LogP contribution in [0.25, 0.3) is 0 Å². The van der Waals surface area contributed by atoms with Gasteiger partial charge in [0.05, 0.1) is 47.3 Å².